The van der Waals surface area contributed by atoms with Gasteiger partial charge in [0.05, 0.1) is 0 Å². The summed E-state index contributed by atoms with van der Waals surface area (Å²) in [5.41, 5.74) is 1.21. The van der Waals surface area contributed by atoms with Crippen molar-refractivity contribution in [2.45, 2.75) is 0 Å². The third kappa shape index (κ3) is 1.87. The lowest BCUT2D eigenvalue weighted by Crippen LogP contribution is -1.76. The summed E-state index contributed by atoms with van der Waals surface area (Å²) in [6.07, 6.45) is 0. The Balaban J connectivity index is 2.59. The van der Waals surface area contributed by atoms with Crippen LogP contribution in [0.4, 0.5) is 0 Å². The average molecular weight is 317 g/mol. The van der Waals surface area contributed by atoms with Gasteiger partial charge in [-0.15, -0.1) is 11.3 Å². The van der Waals surface area contributed by atoms with E-state index in [1.807, 2.05) is 23.6 Å². The molecule has 0 fully saturated rings. The number of benzene rings is 1. The molecule has 0 atom stereocenters. The number of hydrogen-bond acceptors (Lipinski definition) is 1. The zero-order valence-corrected chi connectivity index (χ0v) is 10.5. The average Bonchev–Trinajstić information content (AvgIpc) is 2.62. The van der Waals surface area contributed by atoms with Gasteiger partial charge in [0.1, 0.15) is 0 Å². The lowest BCUT2D eigenvalue weighted by molar-refractivity contribution is 1.59. The van der Waals surface area contributed by atoms with E-state index in [4.69, 9.17) is 0 Å². The molecule has 0 aliphatic rings. The second kappa shape index (κ2) is 3.95. The zero-order valence-electron chi connectivity index (χ0n) is 6.55. The fourth-order valence-electron chi connectivity index (χ4n) is 1.08. The predicted octanol–water partition coefficient (Wildman–Crippen LogP) is 4.74. The van der Waals surface area contributed by atoms with E-state index in [0.29, 0.717) is 0 Å². The van der Waals surface area contributed by atoms with Crippen LogP contribution in [0.1, 0.15) is 0 Å². The van der Waals surface area contributed by atoms with Gasteiger partial charge in [0.15, 0.2) is 0 Å². The van der Waals surface area contributed by atoms with E-state index in [2.05, 4.69) is 44.0 Å². The van der Waals surface area contributed by atoms with Crippen LogP contribution in [0.2, 0.25) is 0 Å². The molecule has 0 unspecified atom stereocenters. The van der Waals surface area contributed by atoms with Crippen molar-refractivity contribution in [3.05, 3.63) is 44.7 Å². The van der Waals surface area contributed by atoms with E-state index < -0.39 is 0 Å². The van der Waals surface area contributed by atoms with E-state index in [0.717, 1.165) is 8.95 Å². The minimum Gasteiger partial charge on any atom is -0.143 e. The summed E-state index contributed by atoms with van der Waals surface area (Å²) in [6, 6.07) is 11.2. The highest BCUT2D eigenvalue weighted by molar-refractivity contribution is 9.13. The molecule has 0 saturated heterocycles. The van der Waals surface area contributed by atoms with Crippen molar-refractivity contribution < 1.29 is 0 Å². The van der Waals surface area contributed by atoms with Gasteiger partial charge in [-0.1, -0.05) is 12.1 Å². The van der Waals surface area contributed by atoms with Gasteiger partial charge in [0, 0.05) is 19.4 Å². The van der Waals surface area contributed by atoms with Gasteiger partial charge in [-0.3, -0.25) is 0 Å². The summed E-state index contributed by atoms with van der Waals surface area (Å²) in [5, 5.41) is 1.96. The summed E-state index contributed by atoms with van der Waals surface area (Å²) in [7, 11) is 0. The molecule has 1 aromatic carbocycles. The van der Waals surface area contributed by atoms with Crippen LogP contribution in [0, 0.1) is 6.07 Å². The molecule has 65 valence electrons. The number of thiophene rings is 1. The first kappa shape index (κ1) is 9.44. The van der Waals surface area contributed by atoms with Crippen LogP contribution < -0.4 is 0 Å². The molecule has 0 nitrogen and oxygen atoms in total. The maximum absolute atomic E-state index is 3.55. The summed E-state index contributed by atoms with van der Waals surface area (Å²) >= 11 is 8.72. The molecule has 0 bridgehead atoms. The molecule has 1 heterocycles. The molecule has 0 amide bonds. The lowest BCUT2D eigenvalue weighted by Gasteiger charge is -2.02. The first-order valence-electron chi connectivity index (χ1n) is 3.68. The number of halogens is 2. The van der Waals surface area contributed by atoms with E-state index in [-0.39, 0.29) is 0 Å². The van der Waals surface area contributed by atoms with Crippen molar-refractivity contribution in [2.24, 2.45) is 0 Å². The van der Waals surface area contributed by atoms with Crippen molar-refractivity contribution in [3.8, 4) is 10.4 Å². The first-order valence-corrected chi connectivity index (χ1v) is 6.14. The van der Waals surface area contributed by atoms with Crippen LogP contribution in [-0.4, -0.2) is 0 Å². The minimum absolute atomic E-state index is 1.08. The first-order chi connectivity index (χ1) is 6.29. The lowest BCUT2D eigenvalue weighted by atomic mass is 10.2. The van der Waals surface area contributed by atoms with E-state index in [1.165, 1.54) is 10.4 Å². The maximum Gasteiger partial charge on any atom is 0.0404 e. The molecule has 1 aromatic heterocycles. The van der Waals surface area contributed by atoms with Crippen molar-refractivity contribution >= 4 is 43.2 Å². The Labute approximate surface area is 97.9 Å². The van der Waals surface area contributed by atoms with E-state index in [1.54, 1.807) is 11.3 Å². The molecule has 1 radical (unpaired) electrons. The van der Waals surface area contributed by atoms with E-state index >= 15 is 0 Å². The molecule has 13 heavy (non-hydrogen) atoms. The van der Waals surface area contributed by atoms with Crippen LogP contribution in [0.3, 0.4) is 0 Å². The van der Waals surface area contributed by atoms with Crippen LogP contribution in [0.25, 0.3) is 10.4 Å². The Hall–Kier alpha value is -0.120. The number of hydrogen-bond donors (Lipinski definition) is 0. The van der Waals surface area contributed by atoms with Gasteiger partial charge in [-0.05, 0) is 55.4 Å². The van der Waals surface area contributed by atoms with Crippen LogP contribution >= 0.6 is 43.2 Å². The summed E-state index contributed by atoms with van der Waals surface area (Å²) in [4.78, 5) is 1.23. The molecular weight excluding hydrogens is 312 g/mol. The number of rotatable bonds is 1. The quantitative estimate of drug-likeness (QED) is 0.713. The van der Waals surface area contributed by atoms with Gasteiger partial charge >= 0.3 is 0 Å². The van der Waals surface area contributed by atoms with Crippen molar-refractivity contribution in [1.29, 1.82) is 0 Å². The standard InChI is InChI=1S/C10H5Br2S/c11-8-4-1-3-7(10(8)12)9-5-2-6-13-9/h1,3-6H. The smallest absolute Gasteiger partial charge is 0.0404 e. The van der Waals surface area contributed by atoms with Gasteiger partial charge in [0.25, 0.3) is 0 Å². The summed E-state index contributed by atoms with van der Waals surface area (Å²) in [5.74, 6) is 0. The van der Waals surface area contributed by atoms with Crippen molar-refractivity contribution in [2.75, 3.05) is 0 Å². The third-order valence-electron chi connectivity index (χ3n) is 1.69. The molecule has 3 heteroatoms. The molecule has 0 aliphatic heterocycles. The summed E-state index contributed by atoms with van der Waals surface area (Å²) in [6.45, 7) is 0. The molecular formula is C10H5Br2S. The van der Waals surface area contributed by atoms with E-state index in [9.17, 15) is 0 Å². The second-order valence-corrected chi connectivity index (χ2v) is 5.07. The van der Waals surface area contributed by atoms with Crippen LogP contribution in [0.5, 0.6) is 0 Å². The zero-order chi connectivity index (χ0) is 9.26. The second-order valence-electron chi connectivity index (χ2n) is 2.51. The monoisotopic (exact) mass is 315 g/mol. The Morgan fingerprint density at radius 1 is 1.23 bits per heavy atom. The molecule has 2 rings (SSSR count). The Kier molecular flexibility index (Phi) is 2.86. The van der Waals surface area contributed by atoms with Gasteiger partial charge in [-0.2, -0.15) is 0 Å². The molecule has 0 N–H and O–H groups in total. The largest absolute Gasteiger partial charge is 0.143 e. The highest BCUT2D eigenvalue weighted by atomic mass is 79.9. The Morgan fingerprint density at radius 3 is 2.77 bits per heavy atom. The molecule has 0 spiro atoms. The van der Waals surface area contributed by atoms with Crippen LogP contribution in [0.15, 0.2) is 38.6 Å². The predicted molar refractivity (Wildman–Crippen MR) is 64.0 cm³/mol. The van der Waals surface area contributed by atoms with Gasteiger partial charge in [0.2, 0.25) is 0 Å². The topological polar surface area (TPSA) is 0 Å². The Morgan fingerprint density at radius 2 is 2.08 bits per heavy atom. The van der Waals surface area contributed by atoms with Crippen LogP contribution in [-0.2, 0) is 0 Å². The molecule has 0 aliphatic carbocycles. The highest BCUT2D eigenvalue weighted by Gasteiger charge is 2.05. The SMILES string of the molecule is Brc1cccc(-c2c[c]cs2)c1Br. The van der Waals surface area contributed by atoms with Crippen molar-refractivity contribution in [1.82, 2.24) is 0 Å². The Bertz CT molecular complexity index is 407. The van der Waals surface area contributed by atoms with Gasteiger partial charge in [-0.25, -0.2) is 0 Å². The summed E-state index contributed by atoms with van der Waals surface area (Å²) < 4.78 is 2.18. The van der Waals surface area contributed by atoms with Crippen molar-refractivity contribution in [3.63, 3.8) is 0 Å². The third-order valence-corrected chi connectivity index (χ3v) is 4.58. The highest BCUT2D eigenvalue weighted by Crippen LogP contribution is 2.35. The fraction of sp³-hybridized carbons (Fsp3) is 0. The fourth-order valence-corrected chi connectivity index (χ4v) is 2.75. The minimum atomic E-state index is 1.08. The maximum atomic E-state index is 3.55. The normalized spacial score (nSPS) is 10.3. The molecule has 0 saturated carbocycles. The molecule has 2 aromatic rings. The van der Waals surface area contributed by atoms with Gasteiger partial charge < -0.3 is 0 Å².